The van der Waals surface area contributed by atoms with Crippen LogP contribution in [0.1, 0.15) is 46.9 Å². The number of hydrogen-bond acceptors (Lipinski definition) is 6. The van der Waals surface area contributed by atoms with Crippen LogP contribution in [-0.2, 0) is 10.0 Å². The molecule has 8 nitrogen and oxygen atoms in total. The van der Waals surface area contributed by atoms with E-state index in [-0.39, 0.29) is 29.7 Å². The van der Waals surface area contributed by atoms with Crippen LogP contribution in [0, 0.1) is 12.8 Å². The van der Waals surface area contributed by atoms with Gasteiger partial charge < -0.3 is 14.6 Å². The number of nitrogens with zero attached hydrogens (tertiary/aromatic N) is 1. The van der Waals surface area contributed by atoms with Crippen molar-refractivity contribution in [3.05, 3.63) is 33.4 Å². The Bertz CT molecular complexity index is 842. The van der Waals surface area contributed by atoms with Gasteiger partial charge >= 0.3 is 5.63 Å². The Kier molecular flexibility index (Phi) is 5.50. The lowest BCUT2D eigenvalue weighted by molar-refractivity contribution is 0.0782. The number of hydrogen-bond donors (Lipinski definition) is 2. The van der Waals surface area contributed by atoms with Gasteiger partial charge in [-0.05, 0) is 56.8 Å². The maximum atomic E-state index is 12.8. The fraction of sp³-hybridized carbons (Fsp3) is 0.647. The Hall–Kier alpha value is -1.71. The zero-order valence-corrected chi connectivity index (χ0v) is 15.7. The molecular weight excluding hydrogens is 358 g/mol. The molecule has 0 aromatic carbocycles. The van der Waals surface area contributed by atoms with Gasteiger partial charge in [-0.25, -0.2) is 18.4 Å². The molecule has 9 heteroatoms. The number of amides is 1. The van der Waals surface area contributed by atoms with Gasteiger partial charge in [0, 0.05) is 19.0 Å². The van der Waals surface area contributed by atoms with Crippen LogP contribution in [0.2, 0.25) is 0 Å². The lowest BCUT2D eigenvalue weighted by Crippen LogP contribution is -2.34. The largest absolute Gasteiger partial charge is 0.427 e. The van der Waals surface area contributed by atoms with Gasteiger partial charge in [0.1, 0.15) is 11.3 Å². The lowest BCUT2D eigenvalue weighted by Gasteiger charge is -2.22. The van der Waals surface area contributed by atoms with Crippen LogP contribution in [0.4, 0.5) is 0 Å². The quantitative estimate of drug-likeness (QED) is 0.764. The number of sulfonamides is 1. The van der Waals surface area contributed by atoms with Gasteiger partial charge in [-0.3, -0.25) is 4.79 Å². The van der Waals surface area contributed by atoms with E-state index in [4.69, 9.17) is 9.56 Å². The lowest BCUT2D eigenvalue weighted by atomic mass is 9.94. The van der Waals surface area contributed by atoms with Crippen molar-refractivity contribution in [1.82, 2.24) is 10.2 Å². The average molecular weight is 383 g/mol. The summed E-state index contributed by atoms with van der Waals surface area (Å²) < 4.78 is 27.9. The smallest absolute Gasteiger partial charge is 0.349 e. The molecule has 3 rings (SSSR count). The highest BCUT2D eigenvalue weighted by Gasteiger charge is 2.32. The zero-order valence-electron chi connectivity index (χ0n) is 14.9. The van der Waals surface area contributed by atoms with Crippen molar-refractivity contribution in [2.75, 3.05) is 31.9 Å². The van der Waals surface area contributed by atoms with Crippen molar-refractivity contribution >= 4 is 15.9 Å². The molecule has 1 unspecified atom stereocenters. The molecule has 3 N–H and O–H groups in total. The fourth-order valence-corrected chi connectivity index (χ4v) is 4.77. The Morgan fingerprint density at radius 3 is 2.65 bits per heavy atom. The standard InChI is InChI=1S/C17H25N3O5S/c1-11-8-14(13-2-5-19-6-3-13)25-17(22)15(11)16(21)20-7-4-12(9-20)10-26(18,23)24/h8,12-13,19H,2-7,9-10H2,1H3,(H2,18,23,24). The summed E-state index contributed by atoms with van der Waals surface area (Å²) in [6.07, 6.45) is 2.35. The van der Waals surface area contributed by atoms with E-state index in [1.807, 2.05) is 0 Å². The van der Waals surface area contributed by atoms with Gasteiger partial charge in [0.2, 0.25) is 10.0 Å². The van der Waals surface area contributed by atoms with Crippen LogP contribution in [-0.4, -0.2) is 51.2 Å². The normalized spacial score (nSPS) is 21.9. The maximum absolute atomic E-state index is 12.8. The highest BCUT2D eigenvalue weighted by molar-refractivity contribution is 7.89. The number of carbonyl (C=O) groups is 1. The molecule has 0 saturated carbocycles. The zero-order chi connectivity index (χ0) is 18.9. The molecule has 2 aliphatic rings. The van der Waals surface area contributed by atoms with E-state index >= 15 is 0 Å². The maximum Gasteiger partial charge on any atom is 0.349 e. The summed E-state index contributed by atoms with van der Waals surface area (Å²) in [6, 6.07) is 1.79. The van der Waals surface area contributed by atoms with Crippen LogP contribution >= 0.6 is 0 Å². The molecular formula is C17H25N3O5S. The number of nitrogens with one attached hydrogen (secondary N) is 1. The first kappa shape index (κ1) is 19.1. The predicted octanol–water partition coefficient (Wildman–Crippen LogP) is 0.166. The first-order valence-electron chi connectivity index (χ1n) is 8.89. The van der Waals surface area contributed by atoms with E-state index in [2.05, 4.69) is 5.32 Å². The minimum Gasteiger partial charge on any atom is -0.427 e. The minimum absolute atomic E-state index is 0.0407. The van der Waals surface area contributed by atoms with E-state index in [1.54, 1.807) is 13.0 Å². The van der Waals surface area contributed by atoms with Crippen molar-refractivity contribution in [1.29, 1.82) is 0 Å². The molecule has 2 fully saturated rings. The van der Waals surface area contributed by atoms with Gasteiger partial charge in [0.25, 0.3) is 5.91 Å². The molecule has 1 atom stereocenters. The predicted molar refractivity (Wildman–Crippen MR) is 96.5 cm³/mol. The third-order valence-corrected chi connectivity index (χ3v) is 6.10. The number of rotatable bonds is 4. The second kappa shape index (κ2) is 7.50. The van der Waals surface area contributed by atoms with Crippen LogP contribution < -0.4 is 16.1 Å². The minimum atomic E-state index is -3.58. The molecule has 144 valence electrons. The van der Waals surface area contributed by atoms with Gasteiger partial charge in [0.05, 0.1) is 5.75 Å². The van der Waals surface area contributed by atoms with Crippen molar-refractivity contribution in [3.63, 3.8) is 0 Å². The number of piperidine rings is 1. The summed E-state index contributed by atoms with van der Waals surface area (Å²) in [5.41, 5.74) is 0.0343. The fourth-order valence-electron chi connectivity index (χ4n) is 3.84. The first-order chi connectivity index (χ1) is 12.2. The molecule has 0 spiro atoms. The van der Waals surface area contributed by atoms with Crippen molar-refractivity contribution < 1.29 is 17.6 Å². The summed E-state index contributed by atoms with van der Waals surface area (Å²) in [5, 5.41) is 8.35. The Morgan fingerprint density at radius 2 is 2.04 bits per heavy atom. The molecule has 2 aliphatic heterocycles. The first-order valence-corrected chi connectivity index (χ1v) is 10.6. The number of aryl methyl sites for hydroxylation is 1. The summed E-state index contributed by atoms with van der Waals surface area (Å²) in [6.45, 7) is 4.20. The summed E-state index contributed by atoms with van der Waals surface area (Å²) >= 11 is 0. The molecule has 26 heavy (non-hydrogen) atoms. The van der Waals surface area contributed by atoms with E-state index in [1.165, 1.54) is 4.90 Å². The van der Waals surface area contributed by atoms with E-state index in [0.29, 0.717) is 24.3 Å². The molecule has 0 radical (unpaired) electrons. The molecule has 0 aliphatic carbocycles. The molecule has 0 bridgehead atoms. The molecule has 1 aromatic rings. The Balaban J connectivity index is 1.76. The summed E-state index contributed by atoms with van der Waals surface area (Å²) in [4.78, 5) is 26.7. The summed E-state index contributed by atoms with van der Waals surface area (Å²) in [7, 11) is -3.58. The topological polar surface area (TPSA) is 123 Å². The highest BCUT2D eigenvalue weighted by atomic mass is 32.2. The van der Waals surface area contributed by atoms with Gasteiger partial charge in [-0.1, -0.05) is 0 Å². The monoisotopic (exact) mass is 383 g/mol. The third-order valence-electron chi connectivity index (χ3n) is 5.16. The van der Waals surface area contributed by atoms with Gasteiger partial charge in [0.15, 0.2) is 0 Å². The molecule has 2 saturated heterocycles. The van der Waals surface area contributed by atoms with Crippen LogP contribution in [0.3, 0.4) is 0 Å². The van der Waals surface area contributed by atoms with Crippen molar-refractivity contribution in [2.24, 2.45) is 11.1 Å². The molecule has 1 aromatic heterocycles. The second-order valence-corrected chi connectivity index (χ2v) is 8.91. The number of carbonyl (C=O) groups excluding carboxylic acids is 1. The van der Waals surface area contributed by atoms with E-state index in [0.717, 1.165) is 25.9 Å². The Morgan fingerprint density at radius 1 is 1.35 bits per heavy atom. The van der Waals surface area contributed by atoms with Gasteiger partial charge in [-0.15, -0.1) is 0 Å². The van der Waals surface area contributed by atoms with Crippen LogP contribution in [0.15, 0.2) is 15.3 Å². The third kappa shape index (κ3) is 4.33. The molecule has 3 heterocycles. The Labute approximate surface area is 152 Å². The van der Waals surface area contributed by atoms with Crippen molar-refractivity contribution in [3.8, 4) is 0 Å². The summed E-state index contributed by atoms with van der Waals surface area (Å²) in [5.74, 6) is 0.0797. The van der Waals surface area contributed by atoms with Crippen LogP contribution in [0.25, 0.3) is 0 Å². The molecule has 1 amide bonds. The van der Waals surface area contributed by atoms with Crippen LogP contribution in [0.5, 0.6) is 0 Å². The van der Waals surface area contributed by atoms with Crippen molar-refractivity contribution in [2.45, 2.75) is 32.1 Å². The number of nitrogens with two attached hydrogens (primary N) is 1. The average Bonchev–Trinajstić information content (AvgIpc) is 3.01. The van der Waals surface area contributed by atoms with Gasteiger partial charge in [-0.2, -0.15) is 0 Å². The SMILES string of the molecule is Cc1cc(C2CCNCC2)oc(=O)c1C(=O)N1CCC(CS(N)(=O)=O)C1. The highest BCUT2D eigenvalue weighted by Crippen LogP contribution is 2.26. The second-order valence-electron chi connectivity index (χ2n) is 7.25. The van der Waals surface area contributed by atoms with E-state index < -0.39 is 21.6 Å². The van der Waals surface area contributed by atoms with E-state index in [9.17, 15) is 18.0 Å². The number of likely N-dealkylation sites (tertiary alicyclic amines) is 1. The number of primary sulfonamides is 1.